The van der Waals surface area contributed by atoms with Crippen molar-refractivity contribution >= 4 is 17.4 Å². The van der Waals surface area contributed by atoms with Crippen LogP contribution in [0.25, 0.3) is 0 Å². The predicted octanol–water partition coefficient (Wildman–Crippen LogP) is 1.19. The molecule has 18 heavy (non-hydrogen) atoms. The largest absolute Gasteiger partial charge is 0.394 e. The molecule has 6 nitrogen and oxygen atoms in total. The van der Waals surface area contributed by atoms with E-state index in [1.165, 1.54) is 0 Å². The molecule has 0 radical (unpaired) electrons. The van der Waals surface area contributed by atoms with Crippen LogP contribution in [0.3, 0.4) is 0 Å². The number of unbranched alkanes of at least 4 members (excludes halogenated alkanes) is 1. The number of primary amides is 1. The lowest BCUT2D eigenvalue weighted by Gasteiger charge is -2.07. The molecular weight excluding hydrogens is 230 g/mol. The highest BCUT2D eigenvalue weighted by atomic mass is 16.1. The van der Waals surface area contributed by atoms with Crippen molar-refractivity contribution in [2.24, 2.45) is 12.8 Å². The fourth-order valence-electron chi connectivity index (χ4n) is 1.83. The van der Waals surface area contributed by atoms with Crippen molar-refractivity contribution in [2.75, 3.05) is 17.6 Å². The number of carbonyl (C=O) groups is 1. The maximum absolute atomic E-state index is 10.6. The Labute approximate surface area is 108 Å². The minimum absolute atomic E-state index is 0.253. The van der Waals surface area contributed by atoms with Gasteiger partial charge in [-0.25, -0.2) is 0 Å². The number of carbonyl (C=O) groups excluding carboxylic acids is 1. The molecule has 0 fully saturated rings. The van der Waals surface area contributed by atoms with Gasteiger partial charge < -0.3 is 16.8 Å². The Morgan fingerprint density at radius 3 is 2.61 bits per heavy atom. The summed E-state index contributed by atoms with van der Waals surface area (Å²) in [6.45, 7) is 4.89. The third-order valence-corrected chi connectivity index (χ3v) is 2.80. The van der Waals surface area contributed by atoms with Crippen LogP contribution in [0, 0.1) is 0 Å². The number of amides is 1. The van der Waals surface area contributed by atoms with E-state index in [9.17, 15) is 4.79 Å². The SMILES string of the molecule is CC(C)c1nn(C)c(NCCCCC(N)=O)c1N. The van der Waals surface area contributed by atoms with Crippen LogP contribution in [0.15, 0.2) is 0 Å². The molecule has 1 rings (SSSR count). The van der Waals surface area contributed by atoms with Gasteiger partial charge in [-0.1, -0.05) is 13.8 Å². The lowest BCUT2D eigenvalue weighted by Crippen LogP contribution is -2.12. The maximum atomic E-state index is 10.6. The average molecular weight is 253 g/mol. The summed E-state index contributed by atoms with van der Waals surface area (Å²) >= 11 is 0. The number of aryl methyl sites for hydroxylation is 1. The van der Waals surface area contributed by atoms with Crippen molar-refractivity contribution in [3.63, 3.8) is 0 Å². The minimum atomic E-state index is -0.253. The Morgan fingerprint density at radius 2 is 2.11 bits per heavy atom. The number of anilines is 2. The normalized spacial score (nSPS) is 10.9. The molecule has 1 heterocycles. The van der Waals surface area contributed by atoms with Crippen LogP contribution in [-0.4, -0.2) is 22.2 Å². The van der Waals surface area contributed by atoms with Gasteiger partial charge in [0.25, 0.3) is 0 Å². The van der Waals surface area contributed by atoms with E-state index < -0.39 is 0 Å². The number of hydrogen-bond donors (Lipinski definition) is 3. The molecular formula is C12H23N5O. The monoisotopic (exact) mass is 253 g/mol. The Balaban J connectivity index is 2.50. The fraction of sp³-hybridized carbons (Fsp3) is 0.667. The third-order valence-electron chi connectivity index (χ3n) is 2.80. The van der Waals surface area contributed by atoms with E-state index in [0.717, 1.165) is 30.9 Å². The summed E-state index contributed by atoms with van der Waals surface area (Å²) in [5.41, 5.74) is 12.7. The predicted molar refractivity (Wildman–Crippen MR) is 73.2 cm³/mol. The van der Waals surface area contributed by atoms with E-state index in [2.05, 4.69) is 24.3 Å². The van der Waals surface area contributed by atoms with Gasteiger partial charge in [-0.05, 0) is 18.8 Å². The molecule has 0 spiro atoms. The van der Waals surface area contributed by atoms with Crippen molar-refractivity contribution < 1.29 is 4.79 Å². The summed E-state index contributed by atoms with van der Waals surface area (Å²) in [4.78, 5) is 10.6. The zero-order chi connectivity index (χ0) is 13.7. The second-order valence-electron chi connectivity index (χ2n) is 4.78. The van der Waals surface area contributed by atoms with Gasteiger partial charge in [-0.3, -0.25) is 9.48 Å². The molecule has 0 bridgehead atoms. The lowest BCUT2D eigenvalue weighted by atomic mass is 10.1. The number of nitrogens with two attached hydrogens (primary N) is 2. The van der Waals surface area contributed by atoms with Gasteiger partial charge in [-0.15, -0.1) is 0 Å². The van der Waals surface area contributed by atoms with Crippen LogP contribution in [0.4, 0.5) is 11.5 Å². The zero-order valence-electron chi connectivity index (χ0n) is 11.4. The van der Waals surface area contributed by atoms with Crippen molar-refractivity contribution in [3.8, 4) is 0 Å². The van der Waals surface area contributed by atoms with Gasteiger partial charge in [0.1, 0.15) is 5.82 Å². The molecule has 0 saturated carbocycles. The van der Waals surface area contributed by atoms with Crippen molar-refractivity contribution in [1.29, 1.82) is 0 Å². The molecule has 0 aliphatic heterocycles. The Kier molecular flexibility index (Phi) is 5.00. The minimum Gasteiger partial charge on any atom is -0.394 e. The first-order valence-electron chi connectivity index (χ1n) is 6.28. The van der Waals surface area contributed by atoms with E-state index in [0.29, 0.717) is 18.0 Å². The van der Waals surface area contributed by atoms with Crippen molar-refractivity contribution in [2.45, 2.75) is 39.0 Å². The van der Waals surface area contributed by atoms with Gasteiger partial charge in [-0.2, -0.15) is 5.10 Å². The molecule has 0 atom stereocenters. The number of aromatic nitrogens is 2. The van der Waals surface area contributed by atoms with Crippen LogP contribution in [0.2, 0.25) is 0 Å². The van der Waals surface area contributed by atoms with Crippen LogP contribution >= 0.6 is 0 Å². The summed E-state index contributed by atoms with van der Waals surface area (Å²) in [6.07, 6.45) is 2.10. The van der Waals surface area contributed by atoms with Gasteiger partial charge in [0.15, 0.2) is 0 Å². The second kappa shape index (κ2) is 6.28. The second-order valence-corrected chi connectivity index (χ2v) is 4.78. The molecule has 0 aromatic carbocycles. The highest BCUT2D eigenvalue weighted by Crippen LogP contribution is 2.27. The molecule has 1 aromatic rings. The number of nitrogens with zero attached hydrogens (tertiary/aromatic N) is 2. The molecule has 6 heteroatoms. The van der Waals surface area contributed by atoms with Gasteiger partial charge in [0.05, 0.1) is 11.4 Å². The standard InChI is InChI=1S/C12H23N5O/c1-8(2)11-10(14)12(17(3)16-11)15-7-5-4-6-9(13)18/h8,15H,4-7,14H2,1-3H3,(H2,13,18). The number of nitrogen functional groups attached to an aromatic ring is 1. The molecule has 0 saturated heterocycles. The van der Waals surface area contributed by atoms with Crippen molar-refractivity contribution in [1.82, 2.24) is 9.78 Å². The van der Waals surface area contributed by atoms with Gasteiger partial charge in [0, 0.05) is 20.0 Å². The van der Waals surface area contributed by atoms with E-state index in [1.54, 1.807) is 4.68 Å². The fourth-order valence-corrected chi connectivity index (χ4v) is 1.83. The van der Waals surface area contributed by atoms with Crippen LogP contribution < -0.4 is 16.8 Å². The maximum Gasteiger partial charge on any atom is 0.217 e. The van der Waals surface area contributed by atoms with Gasteiger partial charge >= 0.3 is 0 Å². The molecule has 1 aromatic heterocycles. The van der Waals surface area contributed by atoms with Crippen LogP contribution in [-0.2, 0) is 11.8 Å². The van der Waals surface area contributed by atoms with Crippen LogP contribution in [0.1, 0.15) is 44.7 Å². The quantitative estimate of drug-likeness (QED) is 0.636. The molecule has 1 amide bonds. The van der Waals surface area contributed by atoms with Gasteiger partial charge in [0.2, 0.25) is 5.91 Å². The van der Waals surface area contributed by atoms with E-state index in [-0.39, 0.29) is 5.91 Å². The Hall–Kier alpha value is -1.72. The number of nitrogens with one attached hydrogen (secondary N) is 1. The zero-order valence-corrected chi connectivity index (χ0v) is 11.4. The third kappa shape index (κ3) is 3.65. The van der Waals surface area contributed by atoms with Crippen molar-refractivity contribution in [3.05, 3.63) is 5.69 Å². The van der Waals surface area contributed by atoms with E-state index >= 15 is 0 Å². The summed E-state index contributed by atoms with van der Waals surface area (Å²) in [5, 5.41) is 7.65. The molecule has 0 unspecified atom stereocenters. The molecule has 5 N–H and O–H groups in total. The summed E-state index contributed by atoms with van der Waals surface area (Å²) in [7, 11) is 1.87. The topological polar surface area (TPSA) is 99.0 Å². The first-order chi connectivity index (χ1) is 8.43. The number of hydrogen-bond acceptors (Lipinski definition) is 4. The van der Waals surface area contributed by atoms with E-state index in [1.807, 2.05) is 7.05 Å². The average Bonchev–Trinajstić information content (AvgIpc) is 2.55. The molecule has 0 aliphatic carbocycles. The summed E-state index contributed by atoms with van der Waals surface area (Å²) in [5.74, 6) is 0.900. The highest BCUT2D eigenvalue weighted by Gasteiger charge is 2.15. The molecule has 102 valence electrons. The highest BCUT2D eigenvalue weighted by molar-refractivity contribution is 5.73. The lowest BCUT2D eigenvalue weighted by molar-refractivity contribution is -0.118. The first-order valence-corrected chi connectivity index (χ1v) is 6.28. The Bertz CT molecular complexity index is 411. The summed E-state index contributed by atoms with van der Waals surface area (Å²) in [6, 6.07) is 0. The Morgan fingerprint density at radius 1 is 1.44 bits per heavy atom. The smallest absolute Gasteiger partial charge is 0.217 e. The summed E-state index contributed by atoms with van der Waals surface area (Å²) < 4.78 is 1.76. The van der Waals surface area contributed by atoms with E-state index in [4.69, 9.17) is 11.5 Å². The first kappa shape index (κ1) is 14.3. The van der Waals surface area contributed by atoms with Crippen LogP contribution in [0.5, 0.6) is 0 Å². The number of rotatable bonds is 7. The molecule has 0 aliphatic rings.